The monoisotopic (exact) mass is 250 g/mol. The van der Waals surface area contributed by atoms with Crippen molar-refractivity contribution in [3.63, 3.8) is 0 Å². The molecule has 100 valence electrons. The zero-order chi connectivity index (χ0) is 13.3. The van der Waals surface area contributed by atoms with Crippen molar-refractivity contribution >= 4 is 5.91 Å². The molecule has 0 saturated heterocycles. The Hall–Kier alpha value is -1.36. The number of aryl methyl sites for hydroxylation is 1. The minimum Gasteiger partial charge on any atom is -0.349 e. The summed E-state index contributed by atoms with van der Waals surface area (Å²) in [7, 11) is 1.90. The van der Waals surface area contributed by atoms with Crippen LogP contribution in [0.3, 0.4) is 0 Å². The van der Waals surface area contributed by atoms with Crippen LogP contribution in [0.4, 0.5) is 0 Å². The van der Waals surface area contributed by atoms with Crippen LogP contribution < -0.4 is 11.1 Å². The molecule has 0 radical (unpaired) electrons. The number of hydrogen-bond acceptors (Lipinski definition) is 3. The van der Waals surface area contributed by atoms with Gasteiger partial charge in [-0.1, -0.05) is 0 Å². The minimum atomic E-state index is -0.256. The molecule has 0 spiro atoms. The van der Waals surface area contributed by atoms with E-state index in [1.54, 1.807) is 0 Å². The van der Waals surface area contributed by atoms with E-state index in [1.165, 1.54) is 0 Å². The molecule has 3 N–H and O–H groups in total. The number of carbonyl (C=O) groups excluding carboxylic acids is 1. The number of nitrogens with one attached hydrogen (secondary N) is 1. The molecule has 5 nitrogen and oxygen atoms in total. The number of rotatable bonds is 4. The van der Waals surface area contributed by atoms with E-state index in [0.717, 1.165) is 30.5 Å². The van der Waals surface area contributed by atoms with E-state index in [0.29, 0.717) is 6.42 Å². The molecule has 0 aromatic carbocycles. The fourth-order valence-electron chi connectivity index (χ4n) is 2.44. The van der Waals surface area contributed by atoms with Gasteiger partial charge in [0.05, 0.1) is 12.2 Å². The van der Waals surface area contributed by atoms with Gasteiger partial charge in [-0.25, -0.2) is 0 Å². The van der Waals surface area contributed by atoms with Gasteiger partial charge in [0.15, 0.2) is 0 Å². The lowest BCUT2D eigenvalue weighted by Crippen LogP contribution is -2.50. The van der Waals surface area contributed by atoms with Crippen molar-refractivity contribution in [3.05, 3.63) is 17.5 Å². The van der Waals surface area contributed by atoms with E-state index in [4.69, 9.17) is 5.73 Å². The molecule has 0 bridgehead atoms. The zero-order valence-electron chi connectivity index (χ0n) is 11.4. The van der Waals surface area contributed by atoms with Gasteiger partial charge in [0.1, 0.15) is 0 Å². The molecule has 1 saturated carbocycles. The van der Waals surface area contributed by atoms with Crippen molar-refractivity contribution in [2.75, 3.05) is 0 Å². The summed E-state index contributed by atoms with van der Waals surface area (Å²) in [5.74, 6) is 0.0351. The largest absolute Gasteiger partial charge is 0.349 e. The van der Waals surface area contributed by atoms with Crippen molar-refractivity contribution in [1.29, 1.82) is 0 Å². The predicted octanol–water partition coefficient (Wildman–Crippen LogP) is 1.18. The predicted molar refractivity (Wildman–Crippen MR) is 69.9 cm³/mol. The van der Waals surface area contributed by atoms with Crippen LogP contribution in [0.2, 0.25) is 0 Å². The molecule has 1 atom stereocenters. The van der Waals surface area contributed by atoms with Gasteiger partial charge >= 0.3 is 0 Å². The topological polar surface area (TPSA) is 72.9 Å². The highest BCUT2D eigenvalue weighted by Crippen LogP contribution is 2.32. The van der Waals surface area contributed by atoms with Gasteiger partial charge in [0, 0.05) is 30.3 Å². The fraction of sp³-hybridized carbons (Fsp3) is 0.692. The maximum atomic E-state index is 11.9. The first-order valence-corrected chi connectivity index (χ1v) is 6.48. The van der Waals surface area contributed by atoms with E-state index >= 15 is 0 Å². The number of nitrogens with two attached hydrogens (primary N) is 1. The van der Waals surface area contributed by atoms with Gasteiger partial charge in [-0.15, -0.1) is 0 Å². The Bertz CT molecular complexity index is 448. The lowest BCUT2D eigenvalue weighted by Gasteiger charge is -2.37. The molecule has 1 amide bonds. The number of aromatic nitrogens is 2. The fourth-order valence-corrected chi connectivity index (χ4v) is 2.44. The number of nitrogens with zero attached hydrogens (tertiary/aromatic N) is 2. The number of carbonyl (C=O) groups is 1. The molecule has 2 rings (SSSR count). The Morgan fingerprint density at radius 1 is 1.67 bits per heavy atom. The van der Waals surface area contributed by atoms with Gasteiger partial charge < -0.3 is 11.1 Å². The molecular weight excluding hydrogens is 228 g/mol. The summed E-state index contributed by atoms with van der Waals surface area (Å²) in [5.41, 5.74) is 7.96. The summed E-state index contributed by atoms with van der Waals surface area (Å²) in [6.07, 6.45) is 5.29. The summed E-state index contributed by atoms with van der Waals surface area (Å²) < 4.78 is 1.81. The first kappa shape index (κ1) is 13.1. The molecule has 1 aromatic rings. The van der Waals surface area contributed by atoms with Gasteiger partial charge in [0.25, 0.3) is 0 Å². The maximum absolute atomic E-state index is 11.9. The smallest absolute Gasteiger partial charge is 0.222 e. The van der Waals surface area contributed by atoms with Crippen molar-refractivity contribution in [3.8, 4) is 0 Å². The molecule has 5 heteroatoms. The Labute approximate surface area is 108 Å². The maximum Gasteiger partial charge on any atom is 0.222 e. The molecule has 1 aliphatic carbocycles. The second kappa shape index (κ2) is 4.72. The van der Waals surface area contributed by atoms with Crippen LogP contribution in [-0.2, 0) is 11.8 Å². The SMILES string of the molecule is Cc1c(C(C)NC(=O)CC2(N)CCC2)cnn1C. The van der Waals surface area contributed by atoms with E-state index < -0.39 is 0 Å². The minimum absolute atomic E-state index is 0.0186. The molecule has 1 heterocycles. The second-order valence-electron chi connectivity index (χ2n) is 5.49. The van der Waals surface area contributed by atoms with Crippen LogP contribution in [0.15, 0.2) is 6.20 Å². The molecule has 1 aromatic heterocycles. The van der Waals surface area contributed by atoms with E-state index in [-0.39, 0.29) is 17.5 Å². The normalized spacial score (nSPS) is 19.1. The Morgan fingerprint density at radius 3 is 2.78 bits per heavy atom. The third-order valence-electron chi connectivity index (χ3n) is 3.98. The summed E-state index contributed by atoms with van der Waals surface area (Å²) in [6.45, 7) is 3.98. The molecule has 1 fully saturated rings. The van der Waals surface area contributed by atoms with Crippen LogP contribution in [0.5, 0.6) is 0 Å². The van der Waals surface area contributed by atoms with Crippen LogP contribution >= 0.6 is 0 Å². The second-order valence-corrected chi connectivity index (χ2v) is 5.49. The van der Waals surface area contributed by atoms with Gasteiger partial charge in [-0.2, -0.15) is 5.10 Å². The van der Waals surface area contributed by atoms with E-state index in [2.05, 4.69) is 10.4 Å². The molecule has 18 heavy (non-hydrogen) atoms. The summed E-state index contributed by atoms with van der Waals surface area (Å²) in [5, 5.41) is 7.19. The summed E-state index contributed by atoms with van der Waals surface area (Å²) in [4.78, 5) is 11.9. The van der Waals surface area contributed by atoms with Crippen molar-refractivity contribution < 1.29 is 4.79 Å². The highest BCUT2D eigenvalue weighted by atomic mass is 16.1. The van der Waals surface area contributed by atoms with Gasteiger partial charge in [0.2, 0.25) is 5.91 Å². The van der Waals surface area contributed by atoms with Gasteiger partial charge in [-0.05, 0) is 33.1 Å². The van der Waals surface area contributed by atoms with Crippen LogP contribution in [0.1, 0.15) is 49.9 Å². The number of hydrogen-bond donors (Lipinski definition) is 2. The molecule has 0 aliphatic heterocycles. The Kier molecular flexibility index (Phi) is 3.43. The quantitative estimate of drug-likeness (QED) is 0.842. The van der Waals surface area contributed by atoms with Crippen LogP contribution in [0, 0.1) is 6.92 Å². The lowest BCUT2D eigenvalue weighted by molar-refractivity contribution is -0.123. The summed E-state index contributed by atoms with van der Waals surface area (Å²) in [6, 6.07) is -0.0186. The Balaban J connectivity index is 1.93. The average Bonchev–Trinajstić information content (AvgIpc) is 2.57. The molecule has 1 aliphatic rings. The van der Waals surface area contributed by atoms with Crippen molar-refractivity contribution in [2.24, 2.45) is 12.8 Å². The van der Waals surface area contributed by atoms with Crippen molar-refractivity contribution in [2.45, 2.75) is 51.1 Å². The zero-order valence-corrected chi connectivity index (χ0v) is 11.4. The summed E-state index contributed by atoms with van der Waals surface area (Å²) >= 11 is 0. The van der Waals surface area contributed by atoms with E-state index in [9.17, 15) is 4.79 Å². The molecule has 1 unspecified atom stereocenters. The standard InChI is InChI=1S/C13H22N4O/c1-9(11-8-15-17(3)10(11)2)16-12(18)7-13(14)5-4-6-13/h8-9H,4-7,14H2,1-3H3,(H,16,18). The molecular formula is C13H22N4O. The highest BCUT2D eigenvalue weighted by Gasteiger charge is 2.34. The van der Waals surface area contributed by atoms with Gasteiger partial charge in [-0.3, -0.25) is 9.48 Å². The third-order valence-corrected chi connectivity index (χ3v) is 3.98. The van der Waals surface area contributed by atoms with E-state index in [1.807, 2.05) is 31.8 Å². The average molecular weight is 250 g/mol. The number of amides is 1. The third kappa shape index (κ3) is 2.56. The first-order valence-electron chi connectivity index (χ1n) is 6.48. The first-order chi connectivity index (χ1) is 8.41. The van der Waals surface area contributed by atoms with Crippen molar-refractivity contribution in [1.82, 2.24) is 15.1 Å². The van der Waals surface area contributed by atoms with Crippen LogP contribution in [-0.4, -0.2) is 21.2 Å². The van der Waals surface area contributed by atoms with Crippen LogP contribution in [0.25, 0.3) is 0 Å². The Morgan fingerprint density at radius 2 is 2.33 bits per heavy atom. The highest BCUT2D eigenvalue weighted by molar-refractivity contribution is 5.77. The lowest BCUT2D eigenvalue weighted by atomic mass is 9.75.